The van der Waals surface area contributed by atoms with E-state index in [0.717, 1.165) is 11.3 Å². The van der Waals surface area contributed by atoms with Crippen molar-refractivity contribution in [2.24, 2.45) is 0 Å². The summed E-state index contributed by atoms with van der Waals surface area (Å²) in [5.74, 6) is 0.0966. The Kier molecular flexibility index (Phi) is 2.00. The van der Waals surface area contributed by atoms with Crippen LogP contribution in [0.3, 0.4) is 0 Å². The molecule has 3 nitrogen and oxygen atoms in total. The quantitative estimate of drug-likeness (QED) is 0.568. The zero-order valence-corrected chi connectivity index (χ0v) is 7.34. The van der Waals surface area contributed by atoms with Crippen LogP contribution in [-0.4, -0.2) is 24.0 Å². The van der Waals surface area contributed by atoms with Gasteiger partial charge in [-0.15, -0.1) is 0 Å². The van der Waals surface area contributed by atoms with Crippen LogP contribution in [0.25, 0.3) is 0 Å². The molecule has 0 N–H and O–H groups in total. The summed E-state index contributed by atoms with van der Waals surface area (Å²) >= 11 is 0. The molecule has 1 aliphatic rings. The molecule has 0 saturated heterocycles. The first-order chi connectivity index (χ1) is 5.04. The SMILES string of the molecule is CC(=O)C1=C(C)N(C)OC1C. The first kappa shape index (κ1) is 8.27. The molecule has 11 heavy (non-hydrogen) atoms. The van der Waals surface area contributed by atoms with E-state index in [1.54, 1.807) is 12.0 Å². The van der Waals surface area contributed by atoms with Crippen molar-refractivity contribution in [3.8, 4) is 0 Å². The maximum atomic E-state index is 11.0. The summed E-state index contributed by atoms with van der Waals surface area (Å²) < 4.78 is 0. The summed E-state index contributed by atoms with van der Waals surface area (Å²) in [6.45, 7) is 5.34. The third-order valence-corrected chi connectivity index (χ3v) is 1.96. The Bertz CT molecular complexity index is 220. The molecule has 0 aliphatic carbocycles. The van der Waals surface area contributed by atoms with Gasteiger partial charge in [0.1, 0.15) is 6.10 Å². The van der Waals surface area contributed by atoms with Gasteiger partial charge in [0, 0.05) is 18.3 Å². The van der Waals surface area contributed by atoms with Crippen LogP contribution in [0.4, 0.5) is 0 Å². The van der Waals surface area contributed by atoms with Crippen LogP contribution in [0.5, 0.6) is 0 Å². The Morgan fingerprint density at radius 2 is 2.18 bits per heavy atom. The van der Waals surface area contributed by atoms with E-state index in [2.05, 4.69) is 0 Å². The maximum Gasteiger partial charge on any atom is 0.160 e. The second-order valence-corrected chi connectivity index (χ2v) is 2.80. The van der Waals surface area contributed by atoms with Crippen LogP contribution in [0, 0.1) is 0 Å². The monoisotopic (exact) mass is 155 g/mol. The molecule has 0 spiro atoms. The zero-order chi connectivity index (χ0) is 8.59. The second-order valence-electron chi connectivity index (χ2n) is 2.80. The lowest BCUT2D eigenvalue weighted by molar-refractivity contribution is -0.121. The molecule has 1 atom stereocenters. The third-order valence-electron chi connectivity index (χ3n) is 1.96. The fourth-order valence-electron chi connectivity index (χ4n) is 1.37. The van der Waals surface area contributed by atoms with E-state index in [-0.39, 0.29) is 11.9 Å². The van der Waals surface area contributed by atoms with Crippen molar-refractivity contribution in [3.63, 3.8) is 0 Å². The highest BCUT2D eigenvalue weighted by molar-refractivity contribution is 5.95. The van der Waals surface area contributed by atoms with Crippen molar-refractivity contribution in [2.75, 3.05) is 7.05 Å². The van der Waals surface area contributed by atoms with Gasteiger partial charge in [0.05, 0.1) is 0 Å². The molecular weight excluding hydrogens is 142 g/mol. The van der Waals surface area contributed by atoms with E-state index in [1.165, 1.54) is 0 Å². The van der Waals surface area contributed by atoms with Gasteiger partial charge in [-0.1, -0.05) is 0 Å². The molecule has 0 saturated carbocycles. The van der Waals surface area contributed by atoms with Gasteiger partial charge in [-0.05, 0) is 20.8 Å². The minimum atomic E-state index is -0.0856. The van der Waals surface area contributed by atoms with E-state index in [9.17, 15) is 4.79 Å². The molecule has 0 aromatic heterocycles. The van der Waals surface area contributed by atoms with Gasteiger partial charge in [-0.2, -0.15) is 0 Å². The van der Waals surface area contributed by atoms with Crippen molar-refractivity contribution in [2.45, 2.75) is 26.9 Å². The summed E-state index contributed by atoms with van der Waals surface area (Å²) in [5, 5.41) is 1.64. The number of allylic oxidation sites excluding steroid dienone is 1. The van der Waals surface area contributed by atoms with Crippen molar-refractivity contribution < 1.29 is 9.63 Å². The van der Waals surface area contributed by atoms with Crippen molar-refractivity contribution in [1.29, 1.82) is 0 Å². The topological polar surface area (TPSA) is 29.5 Å². The van der Waals surface area contributed by atoms with Gasteiger partial charge in [0.25, 0.3) is 0 Å². The van der Waals surface area contributed by atoms with Crippen LogP contribution in [-0.2, 0) is 9.63 Å². The van der Waals surface area contributed by atoms with E-state index in [4.69, 9.17) is 4.84 Å². The first-order valence-electron chi connectivity index (χ1n) is 3.66. The number of ketones is 1. The lowest BCUT2D eigenvalue weighted by Crippen LogP contribution is -2.14. The number of carbonyl (C=O) groups excluding carboxylic acids is 1. The van der Waals surface area contributed by atoms with Crippen LogP contribution >= 0.6 is 0 Å². The molecule has 0 radical (unpaired) electrons. The van der Waals surface area contributed by atoms with Gasteiger partial charge in [0.2, 0.25) is 0 Å². The van der Waals surface area contributed by atoms with Gasteiger partial charge in [-0.25, -0.2) is 0 Å². The molecule has 1 aliphatic heterocycles. The number of hydrogen-bond donors (Lipinski definition) is 0. The Labute approximate surface area is 66.6 Å². The minimum absolute atomic E-state index is 0.0856. The molecule has 3 heteroatoms. The molecule has 0 aromatic rings. The van der Waals surface area contributed by atoms with Crippen molar-refractivity contribution in [3.05, 3.63) is 11.3 Å². The normalized spacial score (nSPS) is 24.7. The van der Waals surface area contributed by atoms with Crippen LogP contribution in [0.1, 0.15) is 20.8 Å². The van der Waals surface area contributed by atoms with E-state index in [1.807, 2.05) is 20.9 Å². The van der Waals surface area contributed by atoms with E-state index >= 15 is 0 Å². The van der Waals surface area contributed by atoms with Crippen molar-refractivity contribution >= 4 is 5.78 Å². The predicted molar refractivity (Wildman–Crippen MR) is 41.7 cm³/mol. The predicted octanol–water partition coefficient (Wildman–Crippen LogP) is 1.11. The Hall–Kier alpha value is -0.830. The Balaban J connectivity index is 2.97. The maximum absolute atomic E-state index is 11.0. The average Bonchev–Trinajstić information content (AvgIpc) is 2.07. The van der Waals surface area contributed by atoms with E-state index < -0.39 is 0 Å². The molecular formula is C8H13NO2. The summed E-state index contributed by atoms with van der Waals surface area (Å²) in [6, 6.07) is 0. The molecule has 1 rings (SSSR count). The molecule has 1 heterocycles. The summed E-state index contributed by atoms with van der Waals surface area (Å²) in [4.78, 5) is 16.3. The smallest absolute Gasteiger partial charge is 0.160 e. The number of carbonyl (C=O) groups is 1. The summed E-state index contributed by atoms with van der Waals surface area (Å²) in [7, 11) is 1.81. The molecule has 1 unspecified atom stereocenters. The van der Waals surface area contributed by atoms with Gasteiger partial charge < -0.3 is 0 Å². The molecule has 62 valence electrons. The zero-order valence-electron chi connectivity index (χ0n) is 7.34. The molecule has 0 aromatic carbocycles. The van der Waals surface area contributed by atoms with Crippen molar-refractivity contribution in [1.82, 2.24) is 5.06 Å². The first-order valence-corrected chi connectivity index (χ1v) is 3.66. The average molecular weight is 155 g/mol. The van der Waals surface area contributed by atoms with Crippen LogP contribution in [0.15, 0.2) is 11.3 Å². The van der Waals surface area contributed by atoms with Crippen LogP contribution in [0.2, 0.25) is 0 Å². The third kappa shape index (κ3) is 1.28. The molecule has 0 fully saturated rings. The Morgan fingerprint density at radius 3 is 2.36 bits per heavy atom. The number of Topliss-reactive ketones (excluding diaryl/α,β-unsaturated/α-hetero) is 1. The fraction of sp³-hybridized carbons (Fsp3) is 0.625. The number of nitrogens with zero attached hydrogens (tertiary/aromatic N) is 1. The molecule has 0 amide bonds. The summed E-state index contributed by atoms with van der Waals surface area (Å²) in [6.07, 6.45) is -0.0856. The van der Waals surface area contributed by atoms with Gasteiger partial charge >= 0.3 is 0 Å². The number of hydroxylamine groups is 2. The largest absolute Gasteiger partial charge is 0.295 e. The van der Waals surface area contributed by atoms with Gasteiger partial charge in [0.15, 0.2) is 5.78 Å². The molecule has 0 bridgehead atoms. The Morgan fingerprint density at radius 1 is 1.64 bits per heavy atom. The second kappa shape index (κ2) is 2.66. The number of hydrogen-bond acceptors (Lipinski definition) is 3. The van der Waals surface area contributed by atoms with Crippen LogP contribution < -0.4 is 0 Å². The fourth-order valence-corrected chi connectivity index (χ4v) is 1.37. The summed E-state index contributed by atoms with van der Waals surface area (Å²) in [5.41, 5.74) is 1.71. The highest BCUT2D eigenvalue weighted by Crippen LogP contribution is 2.24. The standard InChI is InChI=1S/C8H13NO2/c1-5-8(6(2)10)7(3)11-9(5)4/h7H,1-4H3. The van der Waals surface area contributed by atoms with Gasteiger partial charge in [-0.3, -0.25) is 14.7 Å². The van der Waals surface area contributed by atoms with E-state index in [0.29, 0.717) is 0 Å². The highest BCUT2D eigenvalue weighted by atomic mass is 16.7. The number of rotatable bonds is 1. The highest BCUT2D eigenvalue weighted by Gasteiger charge is 2.27. The lowest BCUT2D eigenvalue weighted by Gasteiger charge is -2.11. The minimum Gasteiger partial charge on any atom is -0.295 e. The lowest BCUT2D eigenvalue weighted by atomic mass is 10.1.